The monoisotopic (exact) mass is 282 g/mol. The predicted molar refractivity (Wildman–Crippen MR) is 76.5 cm³/mol. The van der Waals surface area contributed by atoms with E-state index in [1.54, 1.807) is 4.90 Å². The molecule has 3 atom stereocenters. The Morgan fingerprint density at radius 2 is 1.90 bits per heavy atom. The molecule has 0 radical (unpaired) electrons. The van der Waals surface area contributed by atoms with E-state index in [2.05, 4.69) is 6.92 Å². The van der Waals surface area contributed by atoms with Gasteiger partial charge in [-0.1, -0.05) is 20.3 Å². The lowest BCUT2D eigenvalue weighted by molar-refractivity contribution is -0.145. The van der Waals surface area contributed by atoms with Crippen LogP contribution in [0.3, 0.4) is 0 Å². The third-order valence-electron chi connectivity index (χ3n) is 4.80. The van der Waals surface area contributed by atoms with Gasteiger partial charge in [0.2, 0.25) is 0 Å². The fraction of sp³-hybridized carbons (Fsp3) is 0.867. The van der Waals surface area contributed by atoms with Crippen molar-refractivity contribution in [2.24, 2.45) is 11.8 Å². The number of likely N-dealkylation sites (tertiary alicyclic amines) is 2. The number of piperidine rings is 2. The fourth-order valence-corrected chi connectivity index (χ4v) is 3.53. The van der Waals surface area contributed by atoms with Crippen LogP contribution in [0.5, 0.6) is 0 Å². The van der Waals surface area contributed by atoms with Gasteiger partial charge in [-0.3, -0.25) is 0 Å². The molecule has 0 aromatic rings. The van der Waals surface area contributed by atoms with Crippen molar-refractivity contribution in [3.05, 3.63) is 0 Å². The number of aliphatic carboxylic acids is 1. The van der Waals surface area contributed by atoms with Crippen molar-refractivity contribution in [1.82, 2.24) is 9.80 Å². The molecule has 2 aliphatic heterocycles. The van der Waals surface area contributed by atoms with Crippen molar-refractivity contribution in [1.29, 1.82) is 0 Å². The molecule has 2 heterocycles. The lowest BCUT2D eigenvalue weighted by Gasteiger charge is -2.42. The van der Waals surface area contributed by atoms with Gasteiger partial charge < -0.3 is 14.9 Å². The van der Waals surface area contributed by atoms with Gasteiger partial charge in [0, 0.05) is 19.6 Å². The molecule has 0 aliphatic carbocycles. The Bertz CT molecular complexity index is 372. The highest BCUT2D eigenvalue weighted by Crippen LogP contribution is 2.27. The molecule has 5 nitrogen and oxygen atoms in total. The summed E-state index contributed by atoms with van der Waals surface area (Å²) in [6, 6.07) is -0.722. The fourth-order valence-electron chi connectivity index (χ4n) is 3.53. The van der Waals surface area contributed by atoms with Crippen LogP contribution >= 0.6 is 0 Å². The number of urea groups is 1. The summed E-state index contributed by atoms with van der Waals surface area (Å²) in [5.41, 5.74) is 0. The molecule has 0 aromatic carbocycles. The maximum absolute atomic E-state index is 12.7. The lowest BCUT2D eigenvalue weighted by atomic mass is 9.90. The van der Waals surface area contributed by atoms with Crippen molar-refractivity contribution in [3.8, 4) is 0 Å². The van der Waals surface area contributed by atoms with E-state index >= 15 is 0 Å². The number of carboxylic acids is 1. The summed E-state index contributed by atoms with van der Waals surface area (Å²) in [6.07, 6.45) is 5.09. The second-order valence-corrected chi connectivity index (χ2v) is 6.24. The van der Waals surface area contributed by atoms with E-state index in [9.17, 15) is 14.7 Å². The van der Waals surface area contributed by atoms with Crippen molar-refractivity contribution >= 4 is 12.0 Å². The van der Waals surface area contributed by atoms with E-state index in [0.717, 1.165) is 38.8 Å². The zero-order chi connectivity index (χ0) is 14.7. The SMILES string of the molecule is CCC1CCCN(C(=O)N2CCCC(C)C2C(=O)O)C1. The molecule has 2 aliphatic rings. The number of carboxylic acid groups (broad SMARTS) is 1. The first-order chi connectivity index (χ1) is 9.54. The van der Waals surface area contributed by atoms with Gasteiger partial charge in [0.25, 0.3) is 0 Å². The highest BCUT2D eigenvalue weighted by Gasteiger charge is 2.39. The Morgan fingerprint density at radius 3 is 2.55 bits per heavy atom. The largest absolute Gasteiger partial charge is 0.480 e. The molecular weight excluding hydrogens is 256 g/mol. The van der Waals surface area contributed by atoms with Crippen LogP contribution in [-0.4, -0.2) is 52.6 Å². The summed E-state index contributed by atoms with van der Waals surface area (Å²) in [6.45, 7) is 6.22. The van der Waals surface area contributed by atoms with Gasteiger partial charge in [-0.25, -0.2) is 9.59 Å². The average Bonchev–Trinajstić information content (AvgIpc) is 2.45. The Hall–Kier alpha value is -1.26. The van der Waals surface area contributed by atoms with Crippen LogP contribution in [0.1, 0.15) is 46.0 Å². The van der Waals surface area contributed by atoms with Crippen LogP contribution < -0.4 is 0 Å². The summed E-state index contributed by atoms with van der Waals surface area (Å²) in [4.78, 5) is 27.6. The molecule has 5 heteroatoms. The third kappa shape index (κ3) is 3.07. The van der Waals surface area contributed by atoms with Gasteiger partial charge in [-0.2, -0.15) is 0 Å². The first-order valence-electron chi connectivity index (χ1n) is 7.83. The molecule has 0 aromatic heterocycles. The van der Waals surface area contributed by atoms with Crippen molar-refractivity contribution in [2.75, 3.05) is 19.6 Å². The Labute approximate surface area is 120 Å². The van der Waals surface area contributed by atoms with E-state index in [1.165, 1.54) is 6.42 Å². The molecule has 114 valence electrons. The summed E-state index contributed by atoms with van der Waals surface area (Å²) in [7, 11) is 0. The molecule has 0 spiro atoms. The van der Waals surface area contributed by atoms with Crippen LogP contribution in [-0.2, 0) is 4.79 Å². The molecule has 3 unspecified atom stereocenters. The smallest absolute Gasteiger partial charge is 0.326 e. The minimum Gasteiger partial charge on any atom is -0.480 e. The molecule has 0 bridgehead atoms. The normalized spacial score (nSPS) is 31.2. The van der Waals surface area contributed by atoms with E-state index in [1.807, 2.05) is 11.8 Å². The highest BCUT2D eigenvalue weighted by atomic mass is 16.4. The topological polar surface area (TPSA) is 60.9 Å². The number of hydrogen-bond acceptors (Lipinski definition) is 2. The second-order valence-electron chi connectivity index (χ2n) is 6.24. The zero-order valence-electron chi connectivity index (χ0n) is 12.5. The molecule has 2 rings (SSSR count). The maximum Gasteiger partial charge on any atom is 0.326 e. The summed E-state index contributed by atoms with van der Waals surface area (Å²) in [5.74, 6) is -0.259. The standard InChI is InChI=1S/C15H26N2O3/c1-3-12-7-5-8-16(10-12)15(20)17-9-4-6-11(2)13(17)14(18)19/h11-13H,3-10H2,1-2H3,(H,18,19). The van der Waals surface area contributed by atoms with Crippen LogP contribution in [0, 0.1) is 11.8 Å². The first-order valence-corrected chi connectivity index (χ1v) is 7.83. The molecule has 20 heavy (non-hydrogen) atoms. The van der Waals surface area contributed by atoms with E-state index in [4.69, 9.17) is 0 Å². The Morgan fingerprint density at radius 1 is 1.20 bits per heavy atom. The van der Waals surface area contributed by atoms with Gasteiger partial charge in [0.05, 0.1) is 0 Å². The average molecular weight is 282 g/mol. The summed E-state index contributed by atoms with van der Waals surface area (Å²) in [5, 5.41) is 9.41. The molecule has 2 fully saturated rings. The van der Waals surface area contributed by atoms with Crippen LogP contribution in [0.15, 0.2) is 0 Å². The molecule has 0 saturated carbocycles. The predicted octanol–water partition coefficient (Wildman–Crippen LogP) is 2.41. The molecule has 1 N–H and O–H groups in total. The van der Waals surface area contributed by atoms with Crippen molar-refractivity contribution < 1.29 is 14.7 Å². The van der Waals surface area contributed by atoms with E-state index < -0.39 is 12.0 Å². The minimum atomic E-state index is -0.866. The molecular formula is C15H26N2O3. The maximum atomic E-state index is 12.7. The number of carbonyl (C=O) groups is 2. The van der Waals surface area contributed by atoms with Crippen molar-refractivity contribution in [3.63, 3.8) is 0 Å². The highest BCUT2D eigenvalue weighted by molar-refractivity contribution is 5.83. The number of amides is 2. The van der Waals surface area contributed by atoms with Gasteiger partial charge in [-0.05, 0) is 37.5 Å². The third-order valence-corrected chi connectivity index (χ3v) is 4.80. The zero-order valence-corrected chi connectivity index (χ0v) is 12.5. The van der Waals surface area contributed by atoms with E-state index in [0.29, 0.717) is 12.5 Å². The van der Waals surface area contributed by atoms with Crippen LogP contribution in [0.2, 0.25) is 0 Å². The number of rotatable bonds is 2. The van der Waals surface area contributed by atoms with Gasteiger partial charge in [0.1, 0.15) is 6.04 Å². The summed E-state index contributed by atoms with van der Waals surface area (Å²) >= 11 is 0. The Balaban J connectivity index is 2.07. The van der Waals surface area contributed by atoms with Crippen LogP contribution in [0.25, 0.3) is 0 Å². The van der Waals surface area contributed by atoms with Gasteiger partial charge in [-0.15, -0.1) is 0 Å². The van der Waals surface area contributed by atoms with Crippen LogP contribution in [0.4, 0.5) is 4.79 Å². The van der Waals surface area contributed by atoms with E-state index in [-0.39, 0.29) is 11.9 Å². The second kappa shape index (κ2) is 6.46. The number of carbonyl (C=O) groups excluding carboxylic acids is 1. The molecule has 2 saturated heterocycles. The van der Waals surface area contributed by atoms with Crippen molar-refractivity contribution in [2.45, 2.75) is 52.0 Å². The molecule has 2 amide bonds. The quantitative estimate of drug-likeness (QED) is 0.846. The Kier molecular flexibility index (Phi) is 4.89. The van der Waals surface area contributed by atoms with Gasteiger partial charge in [0.15, 0.2) is 0 Å². The minimum absolute atomic E-state index is 0.0389. The van der Waals surface area contributed by atoms with Gasteiger partial charge >= 0.3 is 12.0 Å². The summed E-state index contributed by atoms with van der Waals surface area (Å²) < 4.78 is 0. The lowest BCUT2D eigenvalue weighted by Crippen LogP contribution is -2.57. The number of nitrogens with zero attached hydrogens (tertiary/aromatic N) is 2. The number of hydrogen-bond donors (Lipinski definition) is 1. The first kappa shape index (κ1) is 15.1.